The number of phosphoric acid groups is 1. The molecule has 0 bridgehead atoms. The predicted octanol–water partition coefficient (Wildman–Crippen LogP) is 5.02. The third kappa shape index (κ3) is 20.4. The Bertz CT molecular complexity index is 620. The molecule has 10 heteroatoms. The molecule has 0 aromatic rings. The largest absolute Gasteiger partial charge is 0.756 e. The van der Waals surface area contributed by atoms with Gasteiger partial charge in [-0.25, -0.2) is 4.89 Å². The maximum atomic E-state index is 12.6. The zero-order chi connectivity index (χ0) is 27.3. The quantitative estimate of drug-likeness (QED) is 0.0415. The lowest BCUT2D eigenvalue weighted by molar-refractivity contribution is -0.870. The molecule has 2 N–H and O–H groups in total. The van der Waals surface area contributed by atoms with E-state index in [4.69, 9.17) is 14.3 Å². The van der Waals surface area contributed by atoms with E-state index in [9.17, 15) is 19.4 Å². The lowest BCUT2D eigenvalue weighted by Gasteiger charge is -2.31. The van der Waals surface area contributed by atoms with Crippen LogP contribution < -0.4 is 4.89 Å². The highest BCUT2D eigenvalue weighted by Crippen LogP contribution is 2.41. The summed E-state index contributed by atoms with van der Waals surface area (Å²) in [6, 6.07) is 0. The Labute approximate surface area is 219 Å². The smallest absolute Gasteiger partial charge is 0.268 e. The molecule has 0 aromatic heterocycles. The number of aliphatic hydroxyl groups is 1. The SMILES string of the molecule is CCCCCCCC/C=C\CCCCCCCC(=O)C(OP(=O)([O-])OCC[N+](C)(C)C)[C@H](CO)OO. The summed E-state index contributed by atoms with van der Waals surface area (Å²) in [5, 5.41) is 18.4. The molecule has 0 amide bonds. The molecule has 0 aromatic carbocycles. The second-order valence-corrected chi connectivity index (χ2v) is 11.8. The van der Waals surface area contributed by atoms with Crippen molar-refractivity contribution in [2.75, 3.05) is 40.9 Å². The van der Waals surface area contributed by atoms with Gasteiger partial charge >= 0.3 is 0 Å². The van der Waals surface area contributed by atoms with Crippen LogP contribution in [0.2, 0.25) is 0 Å². The van der Waals surface area contributed by atoms with E-state index >= 15 is 0 Å². The highest BCUT2D eigenvalue weighted by Gasteiger charge is 2.33. The minimum atomic E-state index is -4.83. The van der Waals surface area contributed by atoms with Crippen LogP contribution in [0.1, 0.15) is 96.8 Å². The molecule has 36 heavy (non-hydrogen) atoms. The molecular formula is C26H52NO8P. The van der Waals surface area contributed by atoms with Crippen LogP contribution in [0.25, 0.3) is 0 Å². The molecule has 0 fully saturated rings. The number of carbonyl (C=O) groups excluding carboxylic acids is 1. The molecule has 0 radical (unpaired) electrons. The summed E-state index contributed by atoms with van der Waals surface area (Å²) in [6.45, 7) is 1.74. The van der Waals surface area contributed by atoms with Gasteiger partial charge in [-0.1, -0.05) is 70.4 Å². The lowest BCUT2D eigenvalue weighted by atomic mass is 10.0. The Hall–Kier alpha value is -0.640. The monoisotopic (exact) mass is 537 g/mol. The highest BCUT2D eigenvalue weighted by molar-refractivity contribution is 7.45. The Kier molecular flexibility index (Phi) is 20.9. The van der Waals surface area contributed by atoms with E-state index in [1.54, 1.807) is 0 Å². The van der Waals surface area contributed by atoms with E-state index in [-0.39, 0.29) is 13.0 Å². The Morgan fingerprint density at radius 3 is 1.97 bits per heavy atom. The maximum Gasteiger partial charge on any atom is 0.268 e. The molecule has 0 aliphatic rings. The standard InChI is InChI=1S/C26H52NO8P/c1-5-6-7-8-9-10-11-12-13-14-15-16-17-18-19-20-24(29)26(25(23-28)34-30)35-36(31,32)33-22-21-27(2,3)4/h12-13,25-26,28H,5-11,14-23H2,1-4H3,(H-,30,31,32)/b13-12-/t25-,26?/m0/s1. The normalized spacial score (nSPS) is 15.8. The molecule has 0 spiro atoms. The molecule has 214 valence electrons. The van der Waals surface area contributed by atoms with Gasteiger partial charge in [0.05, 0.1) is 27.7 Å². The number of hydrogen-bond acceptors (Lipinski definition) is 8. The second-order valence-electron chi connectivity index (χ2n) is 10.4. The first-order valence-electron chi connectivity index (χ1n) is 13.6. The molecule has 9 nitrogen and oxygen atoms in total. The van der Waals surface area contributed by atoms with Crippen LogP contribution in [0.4, 0.5) is 0 Å². The zero-order valence-corrected chi connectivity index (χ0v) is 24.0. The number of allylic oxidation sites excluding steroid dienone is 2. The minimum Gasteiger partial charge on any atom is -0.756 e. The molecule has 0 heterocycles. The van der Waals surface area contributed by atoms with E-state index < -0.39 is 32.4 Å². The summed E-state index contributed by atoms with van der Waals surface area (Å²) in [4.78, 5) is 28.9. The van der Waals surface area contributed by atoms with E-state index in [0.29, 0.717) is 17.4 Å². The number of ketones is 1. The average molecular weight is 538 g/mol. The Morgan fingerprint density at radius 2 is 1.47 bits per heavy atom. The van der Waals surface area contributed by atoms with Crippen molar-refractivity contribution in [2.24, 2.45) is 0 Å². The van der Waals surface area contributed by atoms with Crippen molar-refractivity contribution in [1.29, 1.82) is 0 Å². The first kappa shape index (κ1) is 35.4. The number of quaternary nitrogens is 1. The second kappa shape index (κ2) is 21.3. The van der Waals surface area contributed by atoms with Crippen molar-refractivity contribution in [3.05, 3.63) is 12.2 Å². The molecule has 0 aliphatic carbocycles. The highest BCUT2D eigenvalue weighted by atomic mass is 31.2. The Balaban J connectivity index is 4.20. The number of rotatable bonds is 25. The number of phosphoric ester groups is 1. The predicted molar refractivity (Wildman–Crippen MR) is 140 cm³/mol. The summed E-state index contributed by atoms with van der Waals surface area (Å²) in [5.74, 6) is -0.563. The van der Waals surface area contributed by atoms with E-state index in [1.807, 2.05) is 21.1 Å². The third-order valence-corrected chi connectivity index (χ3v) is 6.89. The van der Waals surface area contributed by atoms with Crippen molar-refractivity contribution in [2.45, 2.75) is 109 Å². The van der Waals surface area contributed by atoms with E-state index in [0.717, 1.165) is 38.5 Å². The van der Waals surface area contributed by atoms with Gasteiger partial charge in [0.2, 0.25) is 0 Å². The fraction of sp³-hybridized carbons (Fsp3) is 0.885. The first-order chi connectivity index (χ1) is 17.1. The number of unbranched alkanes of at least 4 members (excludes halogenated alkanes) is 11. The van der Waals surface area contributed by atoms with Crippen LogP contribution in [0, 0.1) is 0 Å². The van der Waals surface area contributed by atoms with Gasteiger partial charge in [0, 0.05) is 6.42 Å². The van der Waals surface area contributed by atoms with Crippen LogP contribution in [0.15, 0.2) is 12.2 Å². The number of hydrogen-bond donors (Lipinski definition) is 2. The summed E-state index contributed by atoms with van der Waals surface area (Å²) in [7, 11) is 0.797. The molecule has 0 rings (SSSR count). The van der Waals surface area contributed by atoms with E-state index in [1.165, 1.54) is 38.5 Å². The summed E-state index contributed by atoms with van der Waals surface area (Å²) in [5.41, 5.74) is 0. The maximum absolute atomic E-state index is 12.6. The van der Waals surface area contributed by atoms with Crippen molar-refractivity contribution in [1.82, 2.24) is 0 Å². The third-order valence-electron chi connectivity index (χ3n) is 5.91. The van der Waals surface area contributed by atoms with Crippen molar-refractivity contribution in [3.8, 4) is 0 Å². The average Bonchev–Trinajstić information content (AvgIpc) is 2.80. The van der Waals surface area contributed by atoms with Crippen LogP contribution in [0.3, 0.4) is 0 Å². The molecule has 0 saturated heterocycles. The van der Waals surface area contributed by atoms with Gasteiger partial charge in [0.15, 0.2) is 11.9 Å². The van der Waals surface area contributed by atoms with Gasteiger partial charge in [-0.15, -0.1) is 0 Å². The molecule has 3 atom stereocenters. The van der Waals surface area contributed by atoms with Crippen LogP contribution in [-0.4, -0.2) is 73.7 Å². The first-order valence-corrected chi connectivity index (χ1v) is 15.1. The topological polar surface area (TPSA) is 125 Å². The van der Waals surface area contributed by atoms with Gasteiger partial charge in [-0.2, -0.15) is 0 Å². The van der Waals surface area contributed by atoms with Crippen LogP contribution in [-0.2, 0) is 23.3 Å². The van der Waals surface area contributed by atoms with Gasteiger partial charge in [0.25, 0.3) is 7.82 Å². The minimum absolute atomic E-state index is 0.0571. The number of nitrogens with zero attached hydrogens (tertiary/aromatic N) is 1. The lowest BCUT2D eigenvalue weighted by Crippen LogP contribution is -2.41. The fourth-order valence-electron chi connectivity index (χ4n) is 3.63. The summed E-state index contributed by atoms with van der Waals surface area (Å²) < 4.78 is 22.4. The van der Waals surface area contributed by atoms with Crippen molar-refractivity contribution < 1.29 is 43.0 Å². The number of aliphatic hydroxyl groups excluding tert-OH is 1. The Morgan fingerprint density at radius 1 is 0.944 bits per heavy atom. The van der Waals surface area contributed by atoms with Gasteiger partial charge in [-0.05, 0) is 32.1 Å². The number of Topliss-reactive ketones (excluding diaryl/α,β-unsaturated/α-hetero) is 1. The number of likely N-dealkylation sites (N-methyl/N-ethyl adjacent to an activating group) is 1. The molecule has 0 saturated carbocycles. The van der Waals surface area contributed by atoms with Gasteiger partial charge in [0.1, 0.15) is 19.3 Å². The van der Waals surface area contributed by atoms with Crippen LogP contribution in [0.5, 0.6) is 0 Å². The zero-order valence-electron chi connectivity index (χ0n) is 23.1. The molecule has 0 aliphatic heterocycles. The van der Waals surface area contributed by atoms with E-state index in [2.05, 4.69) is 24.0 Å². The van der Waals surface area contributed by atoms with Crippen LogP contribution >= 0.6 is 7.82 Å². The fourth-order valence-corrected chi connectivity index (χ4v) is 4.52. The molecule has 2 unspecified atom stereocenters. The number of carbonyl (C=O) groups is 1. The summed E-state index contributed by atoms with van der Waals surface area (Å²) in [6.07, 6.45) is 16.0. The van der Waals surface area contributed by atoms with Gasteiger partial charge < -0.3 is 23.5 Å². The van der Waals surface area contributed by atoms with Crippen molar-refractivity contribution >= 4 is 13.6 Å². The summed E-state index contributed by atoms with van der Waals surface area (Å²) >= 11 is 0. The van der Waals surface area contributed by atoms with Crippen molar-refractivity contribution in [3.63, 3.8) is 0 Å². The molecular weight excluding hydrogens is 485 g/mol. The van der Waals surface area contributed by atoms with Gasteiger partial charge in [-0.3, -0.25) is 14.6 Å².